The van der Waals surface area contributed by atoms with Crippen molar-refractivity contribution in [1.82, 2.24) is 0 Å². The van der Waals surface area contributed by atoms with E-state index >= 15 is 0 Å². The van der Waals surface area contributed by atoms with E-state index in [9.17, 15) is 8.42 Å². The molecule has 0 saturated heterocycles. The summed E-state index contributed by atoms with van der Waals surface area (Å²) in [5, 5.41) is -0.616. The maximum Gasteiger partial charge on any atom is 0.234 e. The standard InChI is InChI=1S/C8H7BrCl2O2S/c9-7-3-1-2-6(4-7)8(10)5-14(11,12)13/h1-4,8H,5H2. The molecule has 0 heterocycles. The lowest BCUT2D eigenvalue weighted by Crippen LogP contribution is -2.04. The second kappa shape index (κ2) is 4.84. The van der Waals surface area contributed by atoms with Crippen LogP contribution in [-0.4, -0.2) is 14.2 Å². The van der Waals surface area contributed by atoms with Crippen LogP contribution in [0, 0.1) is 0 Å². The first-order chi connectivity index (χ1) is 6.38. The SMILES string of the molecule is O=S(=O)(Cl)CC(Cl)c1cccc(Br)c1. The second-order valence-electron chi connectivity index (χ2n) is 2.73. The fourth-order valence-electron chi connectivity index (χ4n) is 0.972. The Balaban J connectivity index is 2.85. The molecule has 6 heteroatoms. The Morgan fingerprint density at radius 3 is 2.57 bits per heavy atom. The van der Waals surface area contributed by atoms with E-state index in [1.807, 2.05) is 6.07 Å². The molecule has 0 aromatic heterocycles. The van der Waals surface area contributed by atoms with Gasteiger partial charge in [0.25, 0.3) is 0 Å². The third-order valence-electron chi connectivity index (χ3n) is 1.56. The van der Waals surface area contributed by atoms with Crippen molar-refractivity contribution in [2.24, 2.45) is 0 Å². The first-order valence-corrected chi connectivity index (χ1v) is 7.41. The third kappa shape index (κ3) is 4.17. The minimum Gasteiger partial charge on any atom is -0.212 e. The molecule has 1 aromatic rings. The molecule has 0 amide bonds. The van der Waals surface area contributed by atoms with E-state index < -0.39 is 14.4 Å². The van der Waals surface area contributed by atoms with Crippen LogP contribution in [0.25, 0.3) is 0 Å². The van der Waals surface area contributed by atoms with Crippen molar-refractivity contribution in [3.63, 3.8) is 0 Å². The first-order valence-electron chi connectivity index (χ1n) is 3.70. The molecular formula is C8H7BrCl2O2S. The van der Waals surface area contributed by atoms with Crippen LogP contribution in [-0.2, 0) is 9.05 Å². The zero-order chi connectivity index (χ0) is 10.8. The summed E-state index contributed by atoms with van der Waals surface area (Å²) in [6, 6.07) is 7.14. The predicted octanol–water partition coefficient (Wildman–Crippen LogP) is 3.30. The lowest BCUT2D eigenvalue weighted by atomic mass is 10.2. The number of halogens is 3. The van der Waals surface area contributed by atoms with Crippen molar-refractivity contribution in [2.45, 2.75) is 5.38 Å². The van der Waals surface area contributed by atoms with Crippen molar-refractivity contribution in [3.05, 3.63) is 34.3 Å². The van der Waals surface area contributed by atoms with E-state index in [-0.39, 0.29) is 5.75 Å². The summed E-state index contributed by atoms with van der Waals surface area (Å²) in [6.45, 7) is 0. The highest BCUT2D eigenvalue weighted by molar-refractivity contribution is 9.10. The molecule has 14 heavy (non-hydrogen) atoms. The molecule has 1 rings (SSSR count). The van der Waals surface area contributed by atoms with Gasteiger partial charge in [0, 0.05) is 15.2 Å². The minimum absolute atomic E-state index is 0.271. The van der Waals surface area contributed by atoms with Crippen LogP contribution in [0.4, 0.5) is 0 Å². The van der Waals surface area contributed by atoms with Gasteiger partial charge in [-0.05, 0) is 17.7 Å². The fourth-order valence-corrected chi connectivity index (χ4v) is 3.14. The van der Waals surface area contributed by atoms with Gasteiger partial charge in [0.1, 0.15) is 0 Å². The summed E-state index contributed by atoms with van der Waals surface area (Å²) < 4.78 is 22.4. The Morgan fingerprint density at radius 1 is 1.43 bits per heavy atom. The lowest BCUT2D eigenvalue weighted by Gasteiger charge is -2.07. The van der Waals surface area contributed by atoms with E-state index in [1.54, 1.807) is 18.2 Å². The number of hydrogen-bond acceptors (Lipinski definition) is 2. The molecule has 0 radical (unpaired) electrons. The summed E-state index contributed by atoms with van der Waals surface area (Å²) in [5.41, 5.74) is 0.727. The summed E-state index contributed by atoms with van der Waals surface area (Å²) >= 11 is 9.15. The Morgan fingerprint density at radius 2 is 2.07 bits per heavy atom. The highest BCUT2D eigenvalue weighted by atomic mass is 79.9. The van der Waals surface area contributed by atoms with Gasteiger partial charge in [-0.15, -0.1) is 11.6 Å². The third-order valence-corrected chi connectivity index (χ3v) is 3.75. The fraction of sp³-hybridized carbons (Fsp3) is 0.250. The highest BCUT2D eigenvalue weighted by Gasteiger charge is 2.16. The van der Waals surface area contributed by atoms with Crippen LogP contribution < -0.4 is 0 Å². The van der Waals surface area contributed by atoms with Gasteiger partial charge < -0.3 is 0 Å². The number of alkyl halides is 1. The maximum atomic E-state index is 10.8. The molecule has 0 N–H and O–H groups in total. The predicted molar refractivity (Wildman–Crippen MR) is 62.4 cm³/mol. The number of rotatable bonds is 3. The topological polar surface area (TPSA) is 34.1 Å². The Bertz CT molecular complexity index is 419. The van der Waals surface area contributed by atoms with Crippen LogP contribution in [0.15, 0.2) is 28.7 Å². The molecule has 78 valence electrons. The zero-order valence-electron chi connectivity index (χ0n) is 6.95. The smallest absolute Gasteiger partial charge is 0.212 e. The quantitative estimate of drug-likeness (QED) is 0.633. The van der Waals surface area contributed by atoms with Gasteiger partial charge in [-0.2, -0.15) is 0 Å². The highest BCUT2D eigenvalue weighted by Crippen LogP contribution is 2.25. The molecule has 1 unspecified atom stereocenters. The maximum absolute atomic E-state index is 10.8. The van der Waals surface area contributed by atoms with Gasteiger partial charge >= 0.3 is 0 Å². The molecule has 0 bridgehead atoms. The van der Waals surface area contributed by atoms with E-state index in [4.69, 9.17) is 22.3 Å². The Hall–Kier alpha value is 0.230. The van der Waals surface area contributed by atoms with Crippen molar-refractivity contribution in [2.75, 3.05) is 5.75 Å². The van der Waals surface area contributed by atoms with Gasteiger partial charge in [-0.3, -0.25) is 0 Å². The van der Waals surface area contributed by atoms with E-state index in [0.29, 0.717) is 0 Å². The average molecular weight is 318 g/mol. The van der Waals surface area contributed by atoms with Gasteiger partial charge in [-0.1, -0.05) is 28.1 Å². The lowest BCUT2D eigenvalue weighted by molar-refractivity contribution is 0.608. The molecule has 1 atom stereocenters. The number of hydrogen-bond donors (Lipinski definition) is 0. The zero-order valence-corrected chi connectivity index (χ0v) is 10.9. The largest absolute Gasteiger partial charge is 0.234 e. The average Bonchev–Trinajstić information content (AvgIpc) is 2.01. The van der Waals surface area contributed by atoms with E-state index in [2.05, 4.69) is 15.9 Å². The molecular weight excluding hydrogens is 311 g/mol. The van der Waals surface area contributed by atoms with Crippen LogP contribution in [0.3, 0.4) is 0 Å². The molecule has 0 aliphatic carbocycles. The van der Waals surface area contributed by atoms with Gasteiger partial charge in [0.15, 0.2) is 0 Å². The Kier molecular flexibility index (Phi) is 4.25. The summed E-state index contributed by atoms with van der Waals surface area (Å²) in [5.74, 6) is -0.271. The van der Waals surface area contributed by atoms with Crippen molar-refractivity contribution in [3.8, 4) is 0 Å². The molecule has 0 fully saturated rings. The normalized spacial score (nSPS) is 13.9. The molecule has 0 saturated carbocycles. The molecule has 0 aliphatic rings. The van der Waals surface area contributed by atoms with E-state index in [0.717, 1.165) is 10.0 Å². The van der Waals surface area contributed by atoms with Crippen LogP contribution in [0.2, 0.25) is 0 Å². The van der Waals surface area contributed by atoms with Crippen LogP contribution in [0.1, 0.15) is 10.9 Å². The summed E-state index contributed by atoms with van der Waals surface area (Å²) in [6.07, 6.45) is 0. The van der Waals surface area contributed by atoms with Crippen LogP contribution >= 0.6 is 38.2 Å². The van der Waals surface area contributed by atoms with Crippen LogP contribution in [0.5, 0.6) is 0 Å². The first kappa shape index (κ1) is 12.3. The second-order valence-corrected chi connectivity index (χ2v) is 6.99. The molecule has 0 spiro atoms. The molecule has 2 nitrogen and oxygen atoms in total. The summed E-state index contributed by atoms with van der Waals surface area (Å²) in [7, 11) is 1.53. The Labute approximate surface area is 101 Å². The minimum atomic E-state index is -3.56. The molecule has 0 aliphatic heterocycles. The van der Waals surface area contributed by atoms with Crippen molar-refractivity contribution < 1.29 is 8.42 Å². The van der Waals surface area contributed by atoms with Crippen molar-refractivity contribution in [1.29, 1.82) is 0 Å². The number of benzene rings is 1. The van der Waals surface area contributed by atoms with Crippen molar-refractivity contribution >= 4 is 47.3 Å². The van der Waals surface area contributed by atoms with Gasteiger partial charge in [-0.25, -0.2) is 8.42 Å². The van der Waals surface area contributed by atoms with E-state index in [1.165, 1.54) is 0 Å². The van der Waals surface area contributed by atoms with Gasteiger partial charge in [0.2, 0.25) is 9.05 Å². The summed E-state index contributed by atoms with van der Waals surface area (Å²) in [4.78, 5) is 0. The van der Waals surface area contributed by atoms with Gasteiger partial charge in [0.05, 0.1) is 11.1 Å². The monoisotopic (exact) mass is 316 g/mol. The molecule has 1 aromatic carbocycles.